The highest BCUT2D eigenvalue weighted by Crippen LogP contribution is 2.52. The highest BCUT2D eigenvalue weighted by Gasteiger charge is 2.49. The van der Waals surface area contributed by atoms with Crippen molar-refractivity contribution in [2.24, 2.45) is 39.1 Å². The van der Waals surface area contributed by atoms with Crippen molar-refractivity contribution in [1.29, 1.82) is 0 Å². The lowest BCUT2D eigenvalue weighted by Gasteiger charge is -2.41. The molecule has 4 aliphatic rings. The number of aliphatic imine (C=N–C) groups is 2. The summed E-state index contributed by atoms with van der Waals surface area (Å²) in [7, 11) is 1.83. The topological polar surface area (TPSA) is 80.5 Å². The molecule has 2 fully saturated rings. The van der Waals surface area contributed by atoms with E-state index in [-0.39, 0.29) is 47.5 Å². The maximum absolute atomic E-state index is 13.7. The van der Waals surface area contributed by atoms with Gasteiger partial charge in [0.2, 0.25) is 0 Å². The van der Waals surface area contributed by atoms with Crippen LogP contribution in [0.1, 0.15) is 83.4 Å². The van der Waals surface area contributed by atoms with E-state index in [4.69, 9.17) is 19.5 Å². The van der Waals surface area contributed by atoms with Crippen LogP contribution in [0.25, 0.3) is 5.57 Å². The number of ketones is 1. The molecule has 242 valence electrons. The Labute approximate surface area is 274 Å². The van der Waals surface area contributed by atoms with Gasteiger partial charge in [0.15, 0.2) is 5.78 Å². The minimum atomic E-state index is -0.139. The molecule has 2 aromatic rings. The van der Waals surface area contributed by atoms with Crippen LogP contribution in [0.3, 0.4) is 0 Å². The molecule has 2 saturated carbocycles. The molecule has 0 saturated heterocycles. The first kappa shape index (κ1) is 32.2. The summed E-state index contributed by atoms with van der Waals surface area (Å²) >= 11 is 0. The van der Waals surface area contributed by atoms with Crippen molar-refractivity contribution >= 4 is 23.3 Å². The fraction of sp³-hybridized carbons (Fsp3) is 0.475. The Morgan fingerprint density at radius 1 is 1.07 bits per heavy atom. The van der Waals surface area contributed by atoms with Gasteiger partial charge in [-0.3, -0.25) is 14.8 Å². The number of hydrogen-bond donors (Lipinski definition) is 1. The van der Waals surface area contributed by atoms with Crippen molar-refractivity contribution in [3.8, 4) is 11.5 Å². The smallest absolute Gasteiger partial charge is 0.166 e. The lowest BCUT2D eigenvalue weighted by molar-refractivity contribution is -0.113. The second-order valence-electron chi connectivity index (χ2n) is 15.0. The second-order valence-corrected chi connectivity index (χ2v) is 15.0. The Bertz CT molecular complexity index is 1610. The van der Waals surface area contributed by atoms with Crippen LogP contribution in [-0.4, -0.2) is 42.1 Å². The molecule has 0 bridgehead atoms. The third-order valence-electron chi connectivity index (χ3n) is 10.1. The van der Waals surface area contributed by atoms with E-state index >= 15 is 0 Å². The van der Waals surface area contributed by atoms with Crippen molar-refractivity contribution in [2.45, 2.75) is 84.4 Å². The van der Waals surface area contributed by atoms with Crippen molar-refractivity contribution in [3.05, 3.63) is 89.7 Å². The summed E-state index contributed by atoms with van der Waals surface area (Å²) < 4.78 is 12.5. The zero-order chi connectivity index (χ0) is 32.6. The largest absolute Gasteiger partial charge is 0.508 e. The molecule has 0 radical (unpaired) electrons. The SMILES string of the molecule is C=C(C(=O)CC1=CC(CC(C)(C)C)=NC(c2cccc(O)c2)C1)c1cccc(OC2=CC=NC3C[C@@H](OC)[C@@H](C4CC4C)CC23)c1. The molecule has 0 aromatic heterocycles. The normalized spacial score (nSPS) is 28.8. The van der Waals surface area contributed by atoms with Gasteiger partial charge in [-0.1, -0.05) is 64.1 Å². The van der Waals surface area contributed by atoms with E-state index in [1.807, 2.05) is 55.8 Å². The number of rotatable bonds is 10. The number of hydrogen-bond acceptors (Lipinski definition) is 6. The van der Waals surface area contributed by atoms with Gasteiger partial charge in [-0.15, -0.1) is 0 Å². The van der Waals surface area contributed by atoms with Gasteiger partial charge in [0.25, 0.3) is 0 Å². The molecule has 7 atom stereocenters. The van der Waals surface area contributed by atoms with Crippen molar-refractivity contribution in [3.63, 3.8) is 0 Å². The first-order valence-electron chi connectivity index (χ1n) is 16.8. The van der Waals surface area contributed by atoms with E-state index in [2.05, 4.69) is 40.3 Å². The second kappa shape index (κ2) is 13.2. The molecule has 46 heavy (non-hydrogen) atoms. The van der Waals surface area contributed by atoms with Gasteiger partial charge in [-0.25, -0.2) is 0 Å². The Morgan fingerprint density at radius 2 is 1.85 bits per heavy atom. The van der Waals surface area contributed by atoms with Gasteiger partial charge in [-0.2, -0.15) is 0 Å². The van der Waals surface area contributed by atoms with Gasteiger partial charge in [0.1, 0.15) is 17.3 Å². The lowest BCUT2D eigenvalue weighted by atomic mass is 9.72. The first-order chi connectivity index (χ1) is 22.0. The first-order valence-corrected chi connectivity index (χ1v) is 16.8. The van der Waals surface area contributed by atoms with Crippen LogP contribution in [0.2, 0.25) is 0 Å². The van der Waals surface area contributed by atoms with E-state index in [0.29, 0.717) is 23.7 Å². The monoisotopic (exact) mass is 620 g/mol. The van der Waals surface area contributed by atoms with E-state index in [0.717, 1.165) is 59.3 Å². The third kappa shape index (κ3) is 7.44. The molecule has 0 amide bonds. The minimum Gasteiger partial charge on any atom is -0.508 e. The number of carbonyl (C=O) groups excluding carboxylic acids is 1. The maximum atomic E-state index is 13.7. The Morgan fingerprint density at radius 3 is 2.57 bits per heavy atom. The number of aromatic hydroxyl groups is 1. The number of fused-ring (bicyclic) bond motifs is 1. The molecule has 6 nitrogen and oxygen atoms in total. The minimum absolute atomic E-state index is 0.0153. The molecular weight excluding hydrogens is 572 g/mol. The highest BCUT2D eigenvalue weighted by atomic mass is 16.5. The number of carbonyl (C=O) groups is 1. The Hall–Kier alpha value is -3.77. The summed E-state index contributed by atoms with van der Waals surface area (Å²) in [6, 6.07) is 15.0. The molecule has 0 spiro atoms. The number of dihydropyridines is 2. The van der Waals surface area contributed by atoms with Gasteiger partial charge in [-0.05, 0) is 103 Å². The average Bonchev–Trinajstić information content (AvgIpc) is 3.75. The van der Waals surface area contributed by atoms with E-state index in [9.17, 15) is 9.90 Å². The van der Waals surface area contributed by atoms with Crippen molar-refractivity contribution < 1.29 is 19.4 Å². The molecule has 1 N–H and O–H groups in total. The molecule has 2 aliphatic carbocycles. The number of nitrogens with zero attached hydrogens (tertiary/aromatic N) is 2. The van der Waals surface area contributed by atoms with E-state index in [1.165, 1.54) is 6.42 Å². The number of ether oxygens (including phenoxy) is 2. The van der Waals surface area contributed by atoms with Crippen molar-refractivity contribution in [1.82, 2.24) is 0 Å². The van der Waals surface area contributed by atoms with E-state index in [1.54, 1.807) is 12.1 Å². The number of benzene rings is 2. The fourth-order valence-electron chi connectivity index (χ4n) is 7.65. The van der Waals surface area contributed by atoms with Gasteiger partial charge in [0.05, 0.1) is 18.2 Å². The van der Waals surface area contributed by atoms with Crippen LogP contribution < -0.4 is 4.74 Å². The summed E-state index contributed by atoms with van der Waals surface area (Å²) in [5.74, 6) is 4.10. The Balaban J connectivity index is 1.15. The molecular formula is C40H48N2O4. The lowest BCUT2D eigenvalue weighted by Crippen LogP contribution is -2.42. The molecule has 2 heterocycles. The van der Waals surface area contributed by atoms with Crippen LogP contribution in [0.5, 0.6) is 11.5 Å². The highest BCUT2D eigenvalue weighted by molar-refractivity contribution is 6.21. The quantitative estimate of drug-likeness (QED) is 0.269. The van der Waals surface area contributed by atoms with Crippen molar-refractivity contribution in [2.75, 3.05) is 7.11 Å². The number of phenolic OH excluding ortho intramolecular Hbond substituents is 1. The molecule has 2 aliphatic heterocycles. The fourth-order valence-corrected chi connectivity index (χ4v) is 7.65. The average molecular weight is 621 g/mol. The summed E-state index contributed by atoms with van der Waals surface area (Å²) in [6.45, 7) is 13.1. The van der Waals surface area contributed by atoms with Crippen LogP contribution in [0, 0.1) is 29.1 Å². The zero-order valence-corrected chi connectivity index (χ0v) is 27.9. The van der Waals surface area contributed by atoms with Crippen LogP contribution in [0.4, 0.5) is 0 Å². The van der Waals surface area contributed by atoms with Gasteiger partial charge < -0.3 is 14.6 Å². The van der Waals surface area contributed by atoms with Gasteiger partial charge >= 0.3 is 0 Å². The predicted octanol–water partition coefficient (Wildman–Crippen LogP) is 8.73. The summed E-state index contributed by atoms with van der Waals surface area (Å²) in [5, 5.41) is 10.1. The van der Waals surface area contributed by atoms with Crippen LogP contribution in [0.15, 0.2) is 88.6 Å². The molecule has 6 rings (SSSR count). The maximum Gasteiger partial charge on any atom is 0.166 e. The number of phenols is 1. The predicted molar refractivity (Wildman–Crippen MR) is 185 cm³/mol. The Kier molecular flexibility index (Phi) is 9.20. The summed E-state index contributed by atoms with van der Waals surface area (Å²) in [4.78, 5) is 23.5. The third-order valence-corrected chi connectivity index (χ3v) is 10.1. The number of allylic oxidation sites excluding steroid dienone is 3. The van der Waals surface area contributed by atoms with E-state index < -0.39 is 0 Å². The van der Waals surface area contributed by atoms with Gasteiger partial charge in [0, 0.05) is 36.9 Å². The molecule has 5 unspecified atom stereocenters. The summed E-state index contributed by atoms with van der Waals surface area (Å²) in [5.41, 5.74) is 4.25. The standard InChI is InChI=1S/C40H48N2O4/c1-24-15-32(24)33-21-34-36(22-39(33)45-6)41-14-13-38(34)46-31-12-8-9-27(20-31)25(2)37(44)18-26-16-29(23-40(3,4)5)42-35(17-26)28-10-7-11-30(43)19-28/h7-14,16,19-20,24,32-36,39,43H,2,15,17-18,21-23H2,1,3-6H3/t24?,32?,33-,34?,35?,36?,39-/m1/s1. The molecule has 2 aromatic carbocycles. The van der Waals surface area contributed by atoms with Crippen LogP contribution in [-0.2, 0) is 9.53 Å². The number of Topliss-reactive ketones (excluding diaryl/α,β-unsaturated/α-hetero) is 1. The number of methoxy groups -OCH3 is 1. The zero-order valence-electron chi connectivity index (χ0n) is 27.9. The summed E-state index contributed by atoms with van der Waals surface area (Å²) in [6.07, 6.45) is 11.1. The molecule has 6 heteroatoms. The van der Waals surface area contributed by atoms with Crippen LogP contribution >= 0.6 is 0 Å².